The van der Waals surface area contributed by atoms with Gasteiger partial charge in [-0.25, -0.2) is 0 Å². The van der Waals surface area contributed by atoms with Gasteiger partial charge >= 0.3 is 5.97 Å². The highest BCUT2D eigenvalue weighted by molar-refractivity contribution is 6.17. The Hall–Kier alpha value is -0.240. The molecule has 0 saturated heterocycles. The fourth-order valence-electron chi connectivity index (χ4n) is 2.53. The lowest BCUT2D eigenvalue weighted by molar-refractivity contribution is -0.148. The number of esters is 1. The molecule has 0 bridgehead atoms. The zero-order valence-corrected chi connectivity index (χ0v) is 10.3. The van der Waals surface area contributed by atoms with Gasteiger partial charge in [0.25, 0.3) is 0 Å². The smallest absolute Gasteiger partial charge is 0.308 e. The molecule has 1 fully saturated rings. The molecule has 0 aromatic heterocycles. The van der Waals surface area contributed by atoms with Gasteiger partial charge in [-0.15, -0.1) is 11.6 Å². The summed E-state index contributed by atoms with van der Waals surface area (Å²) in [4.78, 5) is 11.7. The van der Waals surface area contributed by atoms with E-state index in [1.54, 1.807) is 0 Å². The largest absolute Gasteiger partial charge is 0.469 e. The molecule has 0 aromatic rings. The van der Waals surface area contributed by atoms with Crippen LogP contribution in [0.1, 0.15) is 44.9 Å². The molecule has 2 nitrogen and oxygen atoms in total. The second-order valence-corrected chi connectivity index (χ2v) is 4.74. The van der Waals surface area contributed by atoms with Crippen LogP contribution in [0.3, 0.4) is 0 Å². The predicted octanol–water partition coefficient (Wildman–Crippen LogP) is 3.37. The molecular weight excluding hydrogens is 212 g/mol. The predicted molar refractivity (Wildman–Crippen MR) is 62.0 cm³/mol. The maximum absolute atomic E-state index is 11.7. The van der Waals surface area contributed by atoms with Gasteiger partial charge in [0.1, 0.15) is 0 Å². The Morgan fingerprint density at radius 1 is 1.40 bits per heavy atom. The van der Waals surface area contributed by atoms with Crippen LogP contribution in [0.4, 0.5) is 0 Å². The maximum atomic E-state index is 11.7. The third-order valence-electron chi connectivity index (χ3n) is 3.37. The molecule has 1 aliphatic rings. The molecule has 1 atom stereocenters. The lowest BCUT2D eigenvalue weighted by Crippen LogP contribution is -2.27. The second-order valence-electron chi connectivity index (χ2n) is 4.36. The van der Waals surface area contributed by atoms with Crippen LogP contribution in [-0.4, -0.2) is 19.0 Å². The van der Waals surface area contributed by atoms with Gasteiger partial charge in [0.15, 0.2) is 0 Å². The van der Waals surface area contributed by atoms with Crippen LogP contribution >= 0.6 is 11.6 Å². The fourth-order valence-corrected chi connectivity index (χ4v) is 2.69. The van der Waals surface area contributed by atoms with Crippen LogP contribution in [0.25, 0.3) is 0 Å². The molecule has 15 heavy (non-hydrogen) atoms. The molecule has 0 N–H and O–H groups in total. The molecule has 0 amide bonds. The highest BCUT2D eigenvalue weighted by atomic mass is 35.5. The lowest BCUT2D eigenvalue weighted by Gasteiger charge is -2.28. The number of halogens is 1. The summed E-state index contributed by atoms with van der Waals surface area (Å²) in [5.41, 5.74) is 0. The van der Waals surface area contributed by atoms with Crippen molar-refractivity contribution in [3.63, 3.8) is 0 Å². The van der Waals surface area contributed by atoms with E-state index >= 15 is 0 Å². The van der Waals surface area contributed by atoms with Crippen molar-refractivity contribution in [3.8, 4) is 0 Å². The van der Waals surface area contributed by atoms with Gasteiger partial charge in [0.2, 0.25) is 0 Å². The molecule has 88 valence electrons. The average molecular weight is 233 g/mol. The number of carbonyl (C=O) groups is 1. The van der Waals surface area contributed by atoms with Crippen molar-refractivity contribution >= 4 is 17.6 Å². The van der Waals surface area contributed by atoms with Crippen molar-refractivity contribution in [3.05, 3.63) is 0 Å². The van der Waals surface area contributed by atoms with E-state index in [2.05, 4.69) is 0 Å². The van der Waals surface area contributed by atoms with E-state index in [4.69, 9.17) is 16.3 Å². The molecule has 0 radical (unpaired) electrons. The van der Waals surface area contributed by atoms with E-state index in [0.717, 1.165) is 12.8 Å². The summed E-state index contributed by atoms with van der Waals surface area (Å²) in [6, 6.07) is 0. The van der Waals surface area contributed by atoms with E-state index in [1.807, 2.05) is 0 Å². The normalized spacial score (nSPS) is 19.9. The van der Waals surface area contributed by atoms with Gasteiger partial charge in [0.05, 0.1) is 13.0 Å². The molecule has 1 saturated carbocycles. The van der Waals surface area contributed by atoms with Gasteiger partial charge < -0.3 is 4.74 Å². The van der Waals surface area contributed by atoms with Crippen molar-refractivity contribution in [2.24, 2.45) is 11.8 Å². The molecular formula is C12H21ClO2. The second kappa shape index (κ2) is 7.10. The summed E-state index contributed by atoms with van der Waals surface area (Å²) < 4.78 is 4.88. The summed E-state index contributed by atoms with van der Waals surface area (Å²) in [6.07, 6.45) is 8.01. The van der Waals surface area contributed by atoms with E-state index in [-0.39, 0.29) is 11.9 Å². The van der Waals surface area contributed by atoms with Crippen molar-refractivity contribution in [1.29, 1.82) is 0 Å². The molecule has 3 heteroatoms. The van der Waals surface area contributed by atoms with Crippen LogP contribution in [0, 0.1) is 11.8 Å². The van der Waals surface area contributed by atoms with Crippen LogP contribution in [0.15, 0.2) is 0 Å². The quantitative estimate of drug-likeness (QED) is 0.537. The zero-order chi connectivity index (χ0) is 11.1. The minimum atomic E-state index is -0.0352. The van der Waals surface area contributed by atoms with Crippen LogP contribution in [0.2, 0.25) is 0 Å². The van der Waals surface area contributed by atoms with Crippen molar-refractivity contribution in [2.75, 3.05) is 13.0 Å². The molecule has 0 spiro atoms. The fraction of sp³-hybridized carbons (Fsp3) is 0.917. The third-order valence-corrected chi connectivity index (χ3v) is 3.64. The number of carbonyl (C=O) groups excluding carboxylic acids is 1. The highest BCUT2D eigenvalue weighted by Crippen LogP contribution is 2.33. The number of ether oxygens (including phenoxy) is 1. The molecule has 1 rings (SSSR count). The Morgan fingerprint density at radius 2 is 2.07 bits per heavy atom. The number of hydrogen-bond acceptors (Lipinski definition) is 2. The van der Waals surface area contributed by atoms with E-state index in [9.17, 15) is 4.79 Å². The standard InChI is InChI=1S/C12H21ClO2/c1-15-12(14)11(8-5-9-13)10-6-3-2-4-7-10/h10-11H,2-9H2,1H3. The molecule has 0 heterocycles. The van der Waals surface area contributed by atoms with Crippen LogP contribution in [-0.2, 0) is 9.53 Å². The summed E-state index contributed by atoms with van der Waals surface area (Å²) in [6.45, 7) is 0. The number of methoxy groups -OCH3 is 1. The van der Waals surface area contributed by atoms with Crippen LogP contribution < -0.4 is 0 Å². The van der Waals surface area contributed by atoms with Crippen LogP contribution in [0.5, 0.6) is 0 Å². The summed E-state index contributed by atoms with van der Waals surface area (Å²) in [7, 11) is 1.48. The molecule has 0 aromatic carbocycles. The Morgan fingerprint density at radius 3 is 2.60 bits per heavy atom. The van der Waals surface area contributed by atoms with Gasteiger partial charge in [-0.05, 0) is 31.6 Å². The Balaban J connectivity index is 2.49. The van der Waals surface area contributed by atoms with Gasteiger partial charge in [0, 0.05) is 5.88 Å². The molecule has 1 aliphatic carbocycles. The first-order valence-electron chi connectivity index (χ1n) is 5.93. The molecule has 0 aliphatic heterocycles. The Labute approximate surface area is 97.3 Å². The summed E-state index contributed by atoms with van der Waals surface area (Å²) in [5, 5.41) is 0. The maximum Gasteiger partial charge on any atom is 0.308 e. The van der Waals surface area contributed by atoms with Crippen molar-refractivity contribution in [2.45, 2.75) is 44.9 Å². The first kappa shape index (κ1) is 12.8. The Bertz CT molecular complexity index is 188. The van der Waals surface area contributed by atoms with Crippen molar-refractivity contribution in [1.82, 2.24) is 0 Å². The van der Waals surface area contributed by atoms with E-state index in [0.29, 0.717) is 11.8 Å². The summed E-state index contributed by atoms with van der Waals surface area (Å²) >= 11 is 5.68. The monoisotopic (exact) mass is 232 g/mol. The zero-order valence-electron chi connectivity index (χ0n) is 9.51. The third kappa shape index (κ3) is 4.02. The SMILES string of the molecule is COC(=O)C(CCCCl)C1CCCCC1. The van der Waals surface area contributed by atoms with Crippen molar-refractivity contribution < 1.29 is 9.53 Å². The van der Waals surface area contributed by atoms with E-state index < -0.39 is 0 Å². The average Bonchev–Trinajstić information content (AvgIpc) is 2.30. The van der Waals surface area contributed by atoms with Gasteiger partial charge in [-0.3, -0.25) is 4.79 Å². The topological polar surface area (TPSA) is 26.3 Å². The molecule has 1 unspecified atom stereocenters. The van der Waals surface area contributed by atoms with E-state index in [1.165, 1.54) is 39.2 Å². The minimum Gasteiger partial charge on any atom is -0.469 e. The summed E-state index contributed by atoms with van der Waals surface area (Å²) in [5.74, 6) is 1.23. The lowest BCUT2D eigenvalue weighted by atomic mass is 9.78. The Kier molecular flexibility index (Phi) is 6.07. The van der Waals surface area contributed by atoms with Gasteiger partial charge in [-0.2, -0.15) is 0 Å². The number of alkyl halides is 1. The minimum absolute atomic E-state index is 0.0352. The number of hydrogen-bond donors (Lipinski definition) is 0. The first-order valence-corrected chi connectivity index (χ1v) is 6.47. The highest BCUT2D eigenvalue weighted by Gasteiger charge is 2.29. The van der Waals surface area contributed by atoms with Gasteiger partial charge in [-0.1, -0.05) is 19.3 Å². The first-order chi connectivity index (χ1) is 7.29. The number of rotatable bonds is 5.